The van der Waals surface area contributed by atoms with Gasteiger partial charge < -0.3 is 4.74 Å². The van der Waals surface area contributed by atoms with Crippen LogP contribution in [0.3, 0.4) is 0 Å². The Balaban J connectivity index is 2.88. The predicted octanol–water partition coefficient (Wildman–Crippen LogP) is 2.38. The molecular formula is C11H16O. The summed E-state index contributed by atoms with van der Waals surface area (Å²) in [4.78, 5) is 0. The summed E-state index contributed by atoms with van der Waals surface area (Å²) in [5.74, 6) is 2.74. The summed E-state index contributed by atoms with van der Waals surface area (Å²) in [6.45, 7) is 12.1. The lowest BCUT2D eigenvalue weighted by atomic mass is 9.77. The van der Waals surface area contributed by atoms with Gasteiger partial charge in [-0.3, -0.25) is 0 Å². The molecule has 1 heteroatoms. The minimum absolute atomic E-state index is 0.00856. The third-order valence-electron chi connectivity index (χ3n) is 2.39. The third kappa shape index (κ3) is 1.07. The summed E-state index contributed by atoms with van der Waals surface area (Å²) in [6, 6.07) is 0. The van der Waals surface area contributed by atoms with E-state index < -0.39 is 5.60 Å². The molecular weight excluding hydrogens is 148 g/mol. The summed E-state index contributed by atoms with van der Waals surface area (Å²) >= 11 is 0. The number of rotatable bonds is 1. The molecule has 2 atom stereocenters. The van der Waals surface area contributed by atoms with Gasteiger partial charge in [-0.1, -0.05) is 33.3 Å². The smallest absolute Gasteiger partial charge is 0.163 e. The van der Waals surface area contributed by atoms with Gasteiger partial charge in [0.15, 0.2) is 5.60 Å². The van der Waals surface area contributed by atoms with Crippen LogP contribution in [0.4, 0.5) is 0 Å². The third-order valence-corrected chi connectivity index (χ3v) is 2.39. The van der Waals surface area contributed by atoms with E-state index >= 15 is 0 Å². The molecule has 1 nitrogen and oxygen atoms in total. The molecule has 0 saturated carbocycles. The van der Waals surface area contributed by atoms with Crippen LogP contribution in [-0.4, -0.2) is 11.7 Å². The van der Waals surface area contributed by atoms with Gasteiger partial charge in [0, 0.05) is 5.41 Å². The van der Waals surface area contributed by atoms with Crippen LogP contribution < -0.4 is 0 Å². The molecule has 1 fully saturated rings. The van der Waals surface area contributed by atoms with Crippen molar-refractivity contribution in [2.24, 2.45) is 5.41 Å². The lowest BCUT2D eigenvalue weighted by Gasteiger charge is -2.23. The minimum atomic E-state index is -0.404. The van der Waals surface area contributed by atoms with E-state index in [-0.39, 0.29) is 11.5 Å². The summed E-state index contributed by atoms with van der Waals surface area (Å²) in [5, 5.41) is 0. The molecule has 0 aromatic heterocycles. The van der Waals surface area contributed by atoms with E-state index in [0.29, 0.717) is 0 Å². The number of hydrogen-bond donors (Lipinski definition) is 0. The fourth-order valence-electron chi connectivity index (χ4n) is 1.50. The van der Waals surface area contributed by atoms with E-state index in [9.17, 15) is 0 Å². The Bertz CT molecular complexity index is 251. The van der Waals surface area contributed by atoms with Crippen LogP contribution >= 0.6 is 0 Å². The first-order valence-electron chi connectivity index (χ1n) is 4.16. The zero-order chi connectivity index (χ0) is 9.57. The molecule has 0 aromatic carbocycles. The van der Waals surface area contributed by atoms with E-state index in [2.05, 4.69) is 33.3 Å². The lowest BCUT2D eigenvalue weighted by Crippen LogP contribution is -2.31. The molecule has 66 valence electrons. The van der Waals surface area contributed by atoms with Gasteiger partial charge in [-0.05, 0) is 12.5 Å². The highest BCUT2D eigenvalue weighted by Crippen LogP contribution is 2.52. The van der Waals surface area contributed by atoms with Crippen LogP contribution in [0.1, 0.15) is 27.7 Å². The Morgan fingerprint density at radius 2 is 2.08 bits per heavy atom. The molecule has 2 unspecified atom stereocenters. The lowest BCUT2D eigenvalue weighted by molar-refractivity contribution is 0.208. The van der Waals surface area contributed by atoms with Crippen LogP contribution in [0.2, 0.25) is 0 Å². The second-order valence-electron chi connectivity index (χ2n) is 4.47. The van der Waals surface area contributed by atoms with Crippen molar-refractivity contribution in [2.75, 3.05) is 0 Å². The molecule has 1 rings (SSSR count). The largest absolute Gasteiger partial charge is 0.347 e. The monoisotopic (exact) mass is 164 g/mol. The Hall–Kier alpha value is -0.740. The number of epoxide rings is 1. The van der Waals surface area contributed by atoms with Crippen LogP contribution in [-0.2, 0) is 4.74 Å². The molecule has 1 aliphatic rings. The highest BCUT2D eigenvalue weighted by atomic mass is 16.6. The maximum absolute atomic E-state index is 5.54. The van der Waals surface area contributed by atoms with Gasteiger partial charge in [0.05, 0.1) is 0 Å². The van der Waals surface area contributed by atoms with Crippen molar-refractivity contribution in [3.8, 4) is 12.3 Å². The molecule has 0 N–H and O–H groups in total. The van der Waals surface area contributed by atoms with E-state index in [1.807, 2.05) is 6.92 Å². The zero-order valence-corrected chi connectivity index (χ0v) is 8.27. The van der Waals surface area contributed by atoms with Gasteiger partial charge >= 0.3 is 0 Å². The van der Waals surface area contributed by atoms with Crippen LogP contribution in [0, 0.1) is 17.8 Å². The quantitative estimate of drug-likeness (QED) is 0.329. The van der Waals surface area contributed by atoms with Gasteiger partial charge in [-0.2, -0.15) is 0 Å². The Labute approximate surface area is 74.8 Å². The molecule has 0 aromatic rings. The summed E-state index contributed by atoms with van der Waals surface area (Å²) in [7, 11) is 0. The normalized spacial score (nSPS) is 34.1. The van der Waals surface area contributed by atoms with Crippen LogP contribution in [0.25, 0.3) is 0 Å². The van der Waals surface area contributed by atoms with E-state index in [0.717, 1.165) is 5.57 Å². The standard InChI is InChI=1S/C11H16O/c1-7-11(10(4,5)6)9(12-11)8(2)3/h1,9H,2H2,3-6H3. The van der Waals surface area contributed by atoms with Crippen molar-refractivity contribution in [2.45, 2.75) is 39.4 Å². The van der Waals surface area contributed by atoms with E-state index in [4.69, 9.17) is 11.2 Å². The van der Waals surface area contributed by atoms with E-state index in [1.165, 1.54) is 0 Å². The van der Waals surface area contributed by atoms with Gasteiger partial charge in [-0.15, -0.1) is 6.42 Å². The SMILES string of the molecule is C#CC1(C(C)(C)C)OC1C(=C)C. The molecule has 0 aliphatic carbocycles. The maximum atomic E-state index is 5.54. The zero-order valence-electron chi connectivity index (χ0n) is 8.27. The van der Waals surface area contributed by atoms with E-state index in [1.54, 1.807) is 0 Å². The summed E-state index contributed by atoms with van der Waals surface area (Å²) in [5.41, 5.74) is 0.604. The molecule has 0 bridgehead atoms. The maximum Gasteiger partial charge on any atom is 0.163 e. The average molecular weight is 164 g/mol. The average Bonchev–Trinajstić information content (AvgIpc) is 2.59. The Morgan fingerprint density at radius 3 is 2.17 bits per heavy atom. The molecule has 1 heterocycles. The van der Waals surface area contributed by atoms with Crippen molar-refractivity contribution in [3.05, 3.63) is 12.2 Å². The first-order valence-corrected chi connectivity index (χ1v) is 4.16. The predicted molar refractivity (Wildman–Crippen MR) is 50.7 cm³/mol. The van der Waals surface area contributed by atoms with Crippen LogP contribution in [0.15, 0.2) is 12.2 Å². The molecule has 0 spiro atoms. The molecule has 1 saturated heterocycles. The van der Waals surface area contributed by atoms with Gasteiger partial charge in [0.25, 0.3) is 0 Å². The Morgan fingerprint density at radius 1 is 1.58 bits per heavy atom. The Kier molecular flexibility index (Phi) is 1.85. The summed E-state index contributed by atoms with van der Waals surface area (Å²) in [6.07, 6.45) is 5.52. The molecule has 0 amide bonds. The number of ether oxygens (including phenoxy) is 1. The second kappa shape index (κ2) is 2.37. The van der Waals surface area contributed by atoms with Crippen molar-refractivity contribution >= 4 is 0 Å². The first-order chi connectivity index (χ1) is 5.35. The van der Waals surface area contributed by atoms with Crippen molar-refractivity contribution in [1.82, 2.24) is 0 Å². The van der Waals surface area contributed by atoms with Crippen molar-refractivity contribution in [3.63, 3.8) is 0 Å². The van der Waals surface area contributed by atoms with Gasteiger partial charge in [-0.25, -0.2) is 0 Å². The van der Waals surface area contributed by atoms with Gasteiger partial charge in [0.1, 0.15) is 6.10 Å². The van der Waals surface area contributed by atoms with Crippen LogP contribution in [0.5, 0.6) is 0 Å². The highest BCUT2D eigenvalue weighted by molar-refractivity contribution is 5.34. The number of terminal acetylenes is 1. The number of hydrogen-bond acceptors (Lipinski definition) is 1. The fourth-order valence-corrected chi connectivity index (χ4v) is 1.50. The molecule has 1 aliphatic heterocycles. The minimum Gasteiger partial charge on any atom is -0.347 e. The molecule has 0 radical (unpaired) electrons. The second-order valence-corrected chi connectivity index (χ2v) is 4.47. The summed E-state index contributed by atoms with van der Waals surface area (Å²) < 4.78 is 5.54. The topological polar surface area (TPSA) is 12.5 Å². The van der Waals surface area contributed by atoms with Gasteiger partial charge in [0.2, 0.25) is 0 Å². The fraction of sp³-hybridized carbons (Fsp3) is 0.636. The highest BCUT2D eigenvalue weighted by Gasteiger charge is 2.62. The van der Waals surface area contributed by atoms with Crippen molar-refractivity contribution < 1.29 is 4.74 Å². The molecule has 12 heavy (non-hydrogen) atoms. The van der Waals surface area contributed by atoms with Crippen molar-refractivity contribution in [1.29, 1.82) is 0 Å². The first kappa shape index (κ1) is 9.35.